The molecule has 0 fully saturated rings. The average Bonchev–Trinajstić information content (AvgIpc) is 2.34. The monoisotopic (exact) mass is 274 g/mol. The van der Waals surface area contributed by atoms with Crippen LogP contribution >= 0.6 is 0 Å². The second-order valence-electron chi connectivity index (χ2n) is 5.74. The van der Waals surface area contributed by atoms with Gasteiger partial charge in [-0.25, -0.2) is 0 Å². The van der Waals surface area contributed by atoms with Crippen LogP contribution in [0.2, 0.25) is 0 Å². The summed E-state index contributed by atoms with van der Waals surface area (Å²) in [7, 11) is 0. The van der Waals surface area contributed by atoms with Crippen LogP contribution in [0.4, 0.5) is 0 Å². The highest BCUT2D eigenvalue weighted by atomic mass is 16.5. The molecular weight excluding hydrogens is 240 g/mol. The Kier molecular flexibility index (Phi) is 14.2. The molecule has 0 saturated heterocycles. The molecule has 3 heteroatoms. The number of ether oxygens (including phenoxy) is 3. The second-order valence-corrected chi connectivity index (χ2v) is 5.74. The van der Waals surface area contributed by atoms with E-state index >= 15 is 0 Å². The van der Waals surface area contributed by atoms with Crippen LogP contribution in [-0.2, 0) is 14.2 Å². The fourth-order valence-electron chi connectivity index (χ4n) is 1.69. The van der Waals surface area contributed by atoms with E-state index < -0.39 is 0 Å². The molecule has 0 rings (SSSR count). The van der Waals surface area contributed by atoms with E-state index in [9.17, 15) is 0 Å². The zero-order valence-electron chi connectivity index (χ0n) is 13.5. The summed E-state index contributed by atoms with van der Waals surface area (Å²) in [4.78, 5) is 0. The van der Waals surface area contributed by atoms with Crippen LogP contribution in [0.5, 0.6) is 0 Å². The molecule has 0 amide bonds. The first-order chi connectivity index (χ1) is 9.13. The molecular formula is C16H34O3. The van der Waals surface area contributed by atoms with Crippen LogP contribution in [0, 0.1) is 5.92 Å². The molecule has 0 heterocycles. The number of unbranched alkanes of at least 4 members (excludes halogenated alkanes) is 1. The Hall–Kier alpha value is -0.120. The van der Waals surface area contributed by atoms with Crippen molar-refractivity contribution in [1.82, 2.24) is 0 Å². The summed E-state index contributed by atoms with van der Waals surface area (Å²) in [6.45, 7) is 12.9. The SMILES string of the molecule is CC(C)CCCOCCCCOCCCOC(C)C. The topological polar surface area (TPSA) is 27.7 Å². The fourth-order valence-corrected chi connectivity index (χ4v) is 1.69. The highest BCUT2D eigenvalue weighted by Crippen LogP contribution is 2.03. The largest absolute Gasteiger partial charge is 0.381 e. The molecule has 0 aliphatic rings. The summed E-state index contributed by atoms with van der Waals surface area (Å²) in [5, 5.41) is 0. The van der Waals surface area contributed by atoms with Crippen molar-refractivity contribution in [1.29, 1.82) is 0 Å². The van der Waals surface area contributed by atoms with Gasteiger partial charge in [0.2, 0.25) is 0 Å². The Morgan fingerprint density at radius 1 is 0.632 bits per heavy atom. The van der Waals surface area contributed by atoms with Crippen LogP contribution in [0.1, 0.15) is 59.8 Å². The van der Waals surface area contributed by atoms with Crippen molar-refractivity contribution in [3.05, 3.63) is 0 Å². The summed E-state index contributed by atoms with van der Waals surface area (Å²) in [6, 6.07) is 0. The van der Waals surface area contributed by atoms with Crippen molar-refractivity contribution >= 4 is 0 Å². The van der Waals surface area contributed by atoms with E-state index in [1.165, 1.54) is 12.8 Å². The third-order valence-electron chi connectivity index (χ3n) is 2.78. The number of hydrogen-bond acceptors (Lipinski definition) is 3. The minimum atomic E-state index is 0.327. The van der Waals surface area contributed by atoms with Gasteiger partial charge in [-0.3, -0.25) is 0 Å². The molecule has 0 aromatic heterocycles. The zero-order valence-corrected chi connectivity index (χ0v) is 13.5. The number of hydrogen-bond donors (Lipinski definition) is 0. The molecule has 0 bridgehead atoms. The summed E-state index contributed by atoms with van der Waals surface area (Å²) < 4.78 is 16.6. The first-order valence-corrected chi connectivity index (χ1v) is 7.90. The molecule has 19 heavy (non-hydrogen) atoms. The maximum atomic E-state index is 5.58. The Morgan fingerprint density at radius 3 is 1.68 bits per heavy atom. The van der Waals surface area contributed by atoms with E-state index in [0.29, 0.717) is 6.10 Å². The minimum absolute atomic E-state index is 0.327. The lowest BCUT2D eigenvalue weighted by Gasteiger charge is -2.08. The van der Waals surface area contributed by atoms with E-state index in [0.717, 1.165) is 58.2 Å². The Morgan fingerprint density at radius 2 is 1.16 bits per heavy atom. The first kappa shape index (κ1) is 18.9. The Balaban J connectivity index is 2.95. The molecule has 0 aliphatic carbocycles. The third-order valence-corrected chi connectivity index (χ3v) is 2.78. The highest BCUT2D eigenvalue weighted by molar-refractivity contribution is 4.45. The van der Waals surface area contributed by atoms with Gasteiger partial charge in [0.25, 0.3) is 0 Å². The van der Waals surface area contributed by atoms with Gasteiger partial charge in [-0.1, -0.05) is 13.8 Å². The van der Waals surface area contributed by atoms with E-state index in [4.69, 9.17) is 14.2 Å². The molecule has 0 aromatic rings. The van der Waals surface area contributed by atoms with Crippen molar-refractivity contribution in [2.24, 2.45) is 5.92 Å². The molecule has 116 valence electrons. The third kappa shape index (κ3) is 17.9. The molecule has 0 N–H and O–H groups in total. The molecule has 0 radical (unpaired) electrons. The second kappa shape index (κ2) is 14.3. The summed E-state index contributed by atoms with van der Waals surface area (Å²) in [6.07, 6.45) is 5.96. The molecule has 0 aromatic carbocycles. The minimum Gasteiger partial charge on any atom is -0.381 e. The summed E-state index contributed by atoms with van der Waals surface area (Å²) in [5.74, 6) is 0.789. The lowest BCUT2D eigenvalue weighted by Crippen LogP contribution is -2.07. The normalized spacial score (nSPS) is 11.7. The van der Waals surface area contributed by atoms with Crippen molar-refractivity contribution in [3.8, 4) is 0 Å². The van der Waals surface area contributed by atoms with Gasteiger partial charge in [-0.05, 0) is 51.9 Å². The lowest BCUT2D eigenvalue weighted by atomic mass is 10.1. The molecule has 0 aliphatic heterocycles. The first-order valence-electron chi connectivity index (χ1n) is 7.90. The maximum absolute atomic E-state index is 5.58. The van der Waals surface area contributed by atoms with Crippen molar-refractivity contribution < 1.29 is 14.2 Å². The molecule has 0 atom stereocenters. The quantitative estimate of drug-likeness (QED) is 0.447. The summed E-state index contributed by atoms with van der Waals surface area (Å²) >= 11 is 0. The van der Waals surface area contributed by atoms with Crippen LogP contribution in [0.25, 0.3) is 0 Å². The van der Waals surface area contributed by atoms with E-state index in [-0.39, 0.29) is 0 Å². The van der Waals surface area contributed by atoms with Gasteiger partial charge in [0.15, 0.2) is 0 Å². The fraction of sp³-hybridized carbons (Fsp3) is 1.00. The van der Waals surface area contributed by atoms with Gasteiger partial charge < -0.3 is 14.2 Å². The lowest BCUT2D eigenvalue weighted by molar-refractivity contribution is 0.0486. The van der Waals surface area contributed by atoms with Crippen LogP contribution in [0.3, 0.4) is 0 Å². The number of rotatable bonds is 14. The predicted octanol–water partition coefficient (Wildman–Crippen LogP) is 4.05. The molecule has 0 saturated carbocycles. The smallest absolute Gasteiger partial charge is 0.0518 e. The predicted molar refractivity (Wildman–Crippen MR) is 80.6 cm³/mol. The van der Waals surface area contributed by atoms with E-state index in [1.807, 2.05) is 0 Å². The highest BCUT2D eigenvalue weighted by Gasteiger charge is 1.96. The van der Waals surface area contributed by atoms with Crippen LogP contribution < -0.4 is 0 Å². The maximum Gasteiger partial charge on any atom is 0.0518 e. The van der Waals surface area contributed by atoms with Gasteiger partial charge in [0, 0.05) is 33.0 Å². The van der Waals surface area contributed by atoms with Crippen LogP contribution in [-0.4, -0.2) is 39.1 Å². The molecule has 3 nitrogen and oxygen atoms in total. The van der Waals surface area contributed by atoms with Gasteiger partial charge in [-0.15, -0.1) is 0 Å². The Labute approximate surface area is 120 Å². The standard InChI is InChI=1S/C16H34O3/c1-15(2)9-7-12-17-10-5-6-11-18-13-8-14-19-16(3)4/h15-16H,5-14H2,1-4H3. The van der Waals surface area contributed by atoms with Gasteiger partial charge >= 0.3 is 0 Å². The van der Waals surface area contributed by atoms with Crippen LogP contribution in [0.15, 0.2) is 0 Å². The van der Waals surface area contributed by atoms with Gasteiger partial charge in [-0.2, -0.15) is 0 Å². The van der Waals surface area contributed by atoms with Gasteiger partial charge in [0.05, 0.1) is 6.10 Å². The summed E-state index contributed by atoms with van der Waals surface area (Å²) in [5.41, 5.74) is 0. The van der Waals surface area contributed by atoms with Crippen molar-refractivity contribution in [2.75, 3.05) is 33.0 Å². The molecule has 0 spiro atoms. The van der Waals surface area contributed by atoms with E-state index in [1.54, 1.807) is 0 Å². The van der Waals surface area contributed by atoms with Gasteiger partial charge in [0.1, 0.15) is 0 Å². The van der Waals surface area contributed by atoms with Crippen molar-refractivity contribution in [2.45, 2.75) is 65.9 Å². The molecule has 0 unspecified atom stereocenters. The zero-order chi connectivity index (χ0) is 14.3. The average molecular weight is 274 g/mol. The van der Waals surface area contributed by atoms with E-state index in [2.05, 4.69) is 27.7 Å². The van der Waals surface area contributed by atoms with Crippen molar-refractivity contribution in [3.63, 3.8) is 0 Å². The Bertz CT molecular complexity index is 151.